The smallest absolute Gasteiger partial charge is 0.160 e. The van der Waals surface area contributed by atoms with Gasteiger partial charge in [-0.15, -0.1) is 0 Å². The average molecular weight is 409 g/mol. The van der Waals surface area contributed by atoms with E-state index < -0.39 is 0 Å². The summed E-state index contributed by atoms with van der Waals surface area (Å²) in [4.78, 5) is 26.7. The summed E-state index contributed by atoms with van der Waals surface area (Å²) in [6.45, 7) is 5.44. The second-order valence-corrected chi connectivity index (χ2v) is 7.12. The normalized spacial score (nSPS) is 11.9. The van der Waals surface area contributed by atoms with E-state index in [4.69, 9.17) is 4.98 Å². The molecule has 0 amide bonds. The van der Waals surface area contributed by atoms with Crippen molar-refractivity contribution in [2.45, 2.75) is 6.92 Å². The minimum Gasteiger partial charge on any atom is -0.336 e. The van der Waals surface area contributed by atoms with Crippen LogP contribution in [-0.2, 0) is 0 Å². The largest absolute Gasteiger partial charge is 0.336 e. The molecule has 2 N–H and O–H groups in total. The second-order valence-electron chi connectivity index (χ2n) is 7.12. The van der Waals surface area contributed by atoms with Crippen LogP contribution in [0, 0.1) is 0 Å². The topological polar surface area (TPSA) is 112 Å². The molecule has 1 aromatic carbocycles. The first kappa shape index (κ1) is 18.6. The lowest BCUT2D eigenvalue weighted by Gasteiger charge is -2.13. The van der Waals surface area contributed by atoms with E-state index in [-0.39, 0.29) is 0 Å². The van der Waals surface area contributed by atoms with Gasteiger partial charge in [-0.3, -0.25) is 10.1 Å². The van der Waals surface area contributed by atoms with Crippen molar-refractivity contribution in [3.63, 3.8) is 0 Å². The Morgan fingerprint density at radius 1 is 1.13 bits per heavy atom. The monoisotopic (exact) mass is 409 g/mol. The van der Waals surface area contributed by atoms with Crippen LogP contribution in [0.15, 0.2) is 66.1 Å². The number of pyridine rings is 1. The molecule has 0 fully saturated rings. The first-order valence-corrected chi connectivity index (χ1v) is 9.60. The highest BCUT2D eigenvalue weighted by Gasteiger charge is 2.17. The van der Waals surface area contributed by atoms with Crippen molar-refractivity contribution in [3.8, 4) is 22.6 Å². The van der Waals surface area contributed by atoms with Crippen LogP contribution in [-0.4, -0.2) is 48.9 Å². The van der Waals surface area contributed by atoms with Gasteiger partial charge in [0.25, 0.3) is 0 Å². The van der Waals surface area contributed by atoms with E-state index in [9.17, 15) is 0 Å². The standard InChI is InChI=1S/C22H19N9/c1-13(23-2)11-31(3)22-20-18(6-7-26-22)27-21(28-20)19-16-8-14(4-5-17(16)29-30-19)15-9-24-12-25-10-15/h4-12H,2H2,1,3H3,(H,27,28)(H,29,30)/b13-11-. The van der Waals surface area contributed by atoms with Crippen molar-refractivity contribution in [2.24, 2.45) is 4.99 Å². The van der Waals surface area contributed by atoms with Crippen molar-refractivity contribution in [3.05, 3.63) is 61.1 Å². The summed E-state index contributed by atoms with van der Waals surface area (Å²) in [5.74, 6) is 1.37. The molecule has 0 saturated heterocycles. The Bertz CT molecular complexity index is 1430. The Labute approximate surface area is 177 Å². The number of imidazole rings is 1. The van der Waals surface area contributed by atoms with Gasteiger partial charge in [-0.1, -0.05) is 6.07 Å². The molecule has 0 aliphatic rings. The molecule has 0 aliphatic heterocycles. The molecule has 0 aliphatic carbocycles. The summed E-state index contributed by atoms with van der Waals surface area (Å²) in [7, 11) is 1.91. The third-order valence-electron chi connectivity index (χ3n) is 5.03. The zero-order chi connectivity index (χ0) is 21.4. The minimum absolute atomic E-state index is 0.660. The highest BCUT2D eigenvalue weighted by molar-refractivity contribution is 5.97. The van der Waals surface area contributed by atoms with Gasteiger partial charge in [0.2, 0.25) is 0 Å². The summed E-state index contributed by atoms with van der Waals surface area (Å²) in [6.07, 6.45) is 8.70. The van der Waals surface area contributed by atoms with Crippen LogP contribution in [0.25, 0.3) is 44.6 Å². The molecule has 5 aromatic rings. The number of nitrogens with one attached hydrogen (secondary N) is 2. The number of nitrogens with zero attached hydrogens (tertiary/aromatic N) is 7. The van der Waals surface area contributed by atoms with E-state index in [0.717, 1.165) is 44.5 Å². The third-order valence-corrected chi connectivity index (χ3v) is 5.03. The summed E-state index contributed by atoms with van der Waals surface area (Å²) in [6, 6.07) is 7.97. The fourth-order valence-electron chi connectivity index (χ4n) is 3.50. The van der Waals surface area contributed by atoms with Crippen LogP contribution in [0.3, 0.4) is 0 Å². The Balaban J connectivity index is 1.63. The molecule has 9 heteroatoms. The second kappa shape index (κ2) is 7.45. The molecule has 152 valence electrons. The molecule has 0 radical (unpaired) electrons. The van der Waals surface area contributed by atoms with Crippen LogP contribution in [0.2, 0.25) is 0 Å². The zero-order valence-corrected chi connectivity index (χ0v) is 17.0. The molecule has 4 aromatic heterocycles. The SMILES string of the molecule is C=N/C(C)=C\N(C)c1nccc2[nH]c(-c3n[nH]c4ccc(-c5cncnc5)cc34)nc12. The maximum absolute atomic E-state index is 4.82. The molecule has 0 unspecified atom stereocenters. The van der Waals surface area contributed by atoms with Gasteiger partial charge >= 0.3 is 0 Å². The van der Waals surface area contributed by atoms with Gasteiger partial charge in [-0.05, 0) is 37.4 Å². The van der Waals surface area contributed by atoms with Crippen LogP contribution >= 0.6 is 0 Å². The van der Waals surface area contributed by atoms with E-state index in [1.807, 2.05) is 43.3 Å². The molecule has 0 saturated carbocycles. The Morgan fingerprint density at radius 3 is 2.77 bits per heavy atom. The van der Waals surface area contributed by atoms with Gasteiger partial charge in [0.15, 0.2) is 11.6 Å². The summed E-state index contributed by atoms with van der Waals surface area (Å²) in [5, 5.41) is 8.55. The van der Waals surface area contributed by atoms with Gasteiger partial charge in [0.1, 0.15) is 17.5 Å². The highest BCUT2D eigenvalue weighted by Crippen LogP contribution is 2.31. The zero-order valence-electron chi connectivity index (χ0n) is 17.0. The first-order valence-electron chi connectivity index (χ1n) is 9.60. The number of hydrogen-bond donors (Lipinski definition) is 2. The fourth-order valence-corrected chi connectivity index (χ4v) is 3.50. The Hall–Kier alpha value is -4.40. The van der Waals surface area contributed by atoms with E-state index in [0.29, 0.717) is 11.6 Å². The molecule has 31 heavy (non-hydrogen) atoms. The van der Waals surface area contributed by atoms with Gasteiger partial charge in [0.05, 0.1) is 16.7 Å². The van der Waals surface area contributed by atoms with Crippen molar-refractivity contribution in [1.82, 2.24) is 35.1 Å². The number of allylic oxidation sites excluding steroid dienone is 1. The third kappa shape index (κ3) is 3.31. The number of aromatic nitrogens is 7. The lowest BCUT2D eigenvalue weighted by atomic mass is 10.1. The van der Waals surface area contributed by atoms with E-state index >= 15 is 0 Å². The van der Waals surface area contributed by atoms with E-state index in [1.165, 1.54) is 6.33 Å². The lowest BCUT2D eigenvalue weighted by molar-refractivity contribution is 1.10. The number of H-pyrrole nitrogens is 2. The molecular formula is C22H19N9. The Kier molecular flexibility index (Phi) is 4.47. The number of aromatic amines is 2. The molecule has 9 nitrogen and oxygen atoms in total. The number of hydrogen-bond acceptors (Lipinski definition) is 7. The number of rotatable bonds is 5. The number of aliphatic imine (C=N–C) groups is 1. The fraction of sp³-hybridized carbons (Fsp3) is 0.0909. The van der Waals surface area contributed by atoms with Crippen molar-refractivity contribution >= 4 is 34.5 Å². The van der Waals surface area contributed by atoms with E-state index in [2.05, 4.69) is 47.9 Å². The van der Waals surface area contributed by atoms with Crippen molar-refractivity contribution in [2.75, 3.05) is 11.9 Å². The van der Waals surface area contributed by atoms with Crippen LogP contribution in [0.1, 0.15) is 6.92 Å². The van der Waals surface area contributed by atoms with Gasteiger partial charge < -0.3 is 9.88 Å². The quantitative estimate of drug-likeness (QED) is 0.425. The molecule has 0 bridgehead atoms. The maximum atomic E-state index is 4.82. The van der Waals surface area contributed by atoms with Crippen LogP contribution in [0.5, 0.6) is 0 Å². The molecule has 5 rings (SSSR count). The predicted octanol–water partition coefficient (Wildman–Crippen LogP) is 3.96. The highest BCUT2D eigenvalue weighted by atomic mass is 15.2. The number of fused-ring (bicyclic) bond motifs is 2. The van der Waals surface area contributed by atoms with Crippen LogP contribution < -0.4 is 4.90 Å². The molecule has 0 spiro atoms. The summed E-state index contributed by atoms with van der Waals surface area (Å²) in [5.41, 5.74) is 6.00. The Morgan fingerprint density at radius 2 is 1.97 bits per heavy atom. The van der Waals surface area contributed by atoms with E-state index in [1.54, 1.807) is 18.6 Å². The van der Waals surface area contributed by atoms with Crippen LogP contribution in [0.4, 0.5) is 5.82 Å². The molecule has 4 heterocycles. The summed E-state index contributed by atoms with van der Waals surface area (Å²) >= 11 is 0. The van der Waals surface area contributed by atoms with Gasteiger partial charge in [-0.25, -0.2) is 19.9 Å². The molecule has 0 atom stereocenters. The van der Waals surface area contributed by atoms with Gasteiger partial charge in [0, 0.05) is 42.8 Å². The summed E-state index contributed by atoms with van der Waals surface area (Å²) < 4.78 is 0. The molecular weight excluding hydrogens is 390 g/mol. The predicted molar refractivity (Wildman–Crippen MR) is 122 cm³/mol. The van der Waals surface area contributed by atoms with Gasteiger partial charge in [-0.2, -0.15) is 5.10 Å². The van der Waals surface area contributed by atoms with Crippen molar-refractivity contribution < 1.29 is 0 Å². The number of anilines is 1. The average Bonchev–Trinajstić information content (AvgIpc) is 3.42. The lowest BCUT2D eigenvalue weighted by Crippen LogP contribution is -2.11. The first-order chi connectivity index (χ1) is 15.1. The van der Waals surface area contributed by atoms with Crippen molar-refractivity contribution in [1.29, 1.82) is 0 Å². The number of benzene rings is 1. The maximum Gasteiger partial charge on any atom is 0.160 e. The minimum atomic E-state index is 0.660.